The molecule has 1 N–H and O–H groups in total. The van der Waals surface area contributed by atoms with Gasteiger partial charge >= 0.3 is 0 Å². The number of aliphatic imine (C=N–C) groups is 1. The largest absolute Gasteiger partial charge is 0.285 e. The summed E-state index contributed by atoms with van der Waals surface area (Å²) in [5.41, 5.74) is 5.83. The number of nitrogens with zero attached hydrogens (tertiary/aromatic N) is 2. The summed E-state index contributed by atoms with van der Waals surface area (Å²) in [6.07, 6.45) is 15.8. The average molecular weight is 354 g/mol. The molecule has 3 heteroatoms. The normalized spacial score (nSPS) is 19.5. The molecule has 0 unspecified atom stereocenters. The standard InChI is InChI=1S/C11H17N.C10H16N2.C2H2/c1-11(2,3)10-6-9(7-12-10)8-4-5-8;1-10(2,3)9-6-8(11-12-9)7-4-5-7;1-2/h6,8H,4-5,7H2,1-3H3;6-7H,4-5H2,1-3H3,(H,11,12);1-2H. The van der Waals surface area contributed by atoms with E-state index in [2.05, 4.69) is 81.7 Å². The highest BCUT2D eigenvalue weighted by molar-refractivity contribution is 6.01. The number of H-pyrrole nitrogens is 1. The average Bonchev–Trinajstić information content (AvgIpc) is 3.49. The van der Waals surface area contributed by atoms with Gasteiger partial charge in [-0.15, -0.1) is 12.8 Å². The molecule has 1 aromatic heterocycles. The number of terminal acetylenes is 1. The second-order valence-electron chi connectivity index (χ2n) is 9.68. The fourth-order valence-corrected chi connectivity index (χ4v) is 2.92. The van der Waals surface area contributed by atoms with Crippen LogP contribution in [0, 0.1) is 24.2 Å². The molecule has 2 heterocycles. The lowest BCUT2D eigenvalue weighted by Crippen LogP contribution is -2.16. The van der Waals surface area contributed by atoms with Crippen LogP contribution in [0.15, 0.2) is 22.7 Å². The third-order valence-electron chi connectivity index (χ3n) is 5.01. The van der Waals surface area contributed by atoms with Crippen LogP contribution in [-0.2, 0) is 5.41 Å². The Morgan fingerprint density at radius 2 is 1.50 bits per heavy atom. The summed E-state index contributed by atoms with van der Waals surface area (Å²) in [5, 5.41) is 7.45. The van der Waals surface area contributed by atoms with Crippen molar-refractivity contribution in [3.05, 3.63) is 29.1 Å². The molecule has 3 aliphatic rings. The minimum Gasteiger partial charge on any atom is -0.285 e. The van der Waals surface area contributed by atoms with Gasteiger partial charge in [0.1, 0.15) is 0 Å². The molecule has 0 spiro atoms. The van der Waals surface area contributed by atoms with Crippen molar-refractivity contribution in [3.8, 4) is 12.8 Å². The van der Waals surface area contributed by atoms with Crippen LogP contribution in [0.1, 0.15) is 84.5 Å². The molecule has 2 saturated carbocycles. The molecule has 26 heavy (non-hydrogen) atoms. The summed E-state index contributed by atoms with van der Waals surface area (Å²) in [6.45, 7) is 14.3. The summed E-state index contributed by atoms with van der Waals surface area (Å²) in [6, 6.07) is 2.22. The number of aromatic nitrogens is 2. The third-order valence-corrected chi connectivity index (χ3v) is 5.01. The third kappa shape index (κ3) is 5.59. The molecule has 3 nitrogen and oxygen atoms in total. The van der Waals surface area contributed by atoms with Crippen LogP contribution >= 0.6 is 0 Å². The Bertz CT molecular complexity index is 681. The highest BCUT2D eigenvalue weighted by Crippen LogP contribution is 2.40. The Labute approximate surface area is 159 Å². The summed E-state index contributed by atoms with van der Waals surface area (Å²) < 4.78 is 0. The molecular formula is C23H35N3. The van der Waals surface area contributed by atoms with E-state index >= 15 is 0 Å². The molecule has 0 saturated heterocycles. The maximum absolute atomic E-state index is 4.57. The van der Waals surface area contributed by atoms with E-state index in [0.717, 1.165) is 18.4 Å². The molecule has 0 radical (unpaired) electrons. The van der Waals surface area contributed by atoms with Crippen LogP contribution in [0.3, 0.4) is 0 Å². The fraction of sp³-hybridized carbons (Fsp3) is 0.652. The number of rotatable bonds is 2. The summed E-state index contributed by atoms with van der Waals surface area (Å²) >= 11 is 0. The van der Waals surface area contributed by atoms with E-state index in [-0.39, 0.29) is 10.8 Å². The van der Waals surface area contributed by atoms with Gasteiger partial charge in [-0.25, -0.2) is 0 Å². The van der Waals surface area contributed by atoms with Crippen molar-refractivity contribution in [2.75, 3.05) is 6.54 Å². The lowest BCUT2D eigenvalue weighted by molar-refractivity contribution is 0.567. The van der Waals surface area contributed by atoms with E-state index in [1.54, 1.807) is 5.57 Å². The number of aromatic amines is 1. The monoisotopic (exact) mass is 353 g/mol. The van der Waals surface area contributed by atoms with E-state index in [4.69, 9.17) is 0 Å². The smallest absolute Gasteiger partial charge is 0.0678 e. The second-order valence-corrected chi connectivity index (χ2v) is 9.68. The van der Waals surface area contributed by atoms with E-state index in [0.29, 0.717) is 0 Å². The van der Waals surface area contributed by atoms with E-state index in [1.165, 1.54) is 42.8 Å². The minimum absolute atomic E-state index is 0.184. The summed E-state index contributed by atoms with van der Waals surface area (Å²) in [4.78, 5) is 4.57. The van der Waals surface area contributed by atoms with Crippen LogP contribution < -0.4 is 0 Å². The number of allylic oxidation sites excluding steroid dienone is 1. The molecule has 0 bridgehead atoms. The Hall–Kier alpha value is -1.82. The van der Waals surface area contributed by atoms with Gasteiger partial charge in [0.15, 0.2) is 0 Å². The molecule has 2 aliphatic carbocycles. The Morgan fingerprint density at radius 1 is 0.923 bits per heavy atom. The summed E-state index contributed by atoms with van der Waals surface area (Å²) in [5.74, 6) is 1.68. The van der Waals surface area contributed by atoms with Gasteiger partial charge in [-0.1, -0.05) is 41.5 Å². The van der Waals surface area contributed by atoms with Crippen molar-refractivity contribution < 1.29 is 0 Å². The first-order chi connectivity index (χ1) is 12.1. The van der Waals surface area contributed by atoms with Crippen molar-refractivity contribution >= 4 is 5.71 Å². The second kappa shape index (κ2) is 7.82. The van der Waals surface area contributed by atoms with Gasteiger partial charge in [0.25, 0.3) is 0 Å². The lowest BCUT2D eigenvalue weighted by atomic mass is 9.89. The van der Waals surface area contributed by atoms with Gasteiger partial charge in [0.2, 0.25) is 0 Å². The van der Waals surface area contributed by atoms with Gasteiger partial charge in [-0.05, 0) is 49.3 Å². The van der Waals surface area contributed by atoms with Crippen molar-refractivity contribution in [2.24, 2.45) is 16.3 Å². The molecule has 0 atom stereocenters. The van der Waals surface area contributed by atoms with Crippen molar-refractivity contribution in [1.82, 2.24) is 10.2 Å². The van der Waals surface area contributed by atoms with Gasteiger partial charge < -0.3 is 0 Å². The van der Waals surface area contributed by atoms with Crippen molar-refractivity contribution in [2.45, 2.75) is 78.6 Å². The predicted molar refractivity (Wildman–Crippen MR) is 112 cm³/mol. The first-order valence-electron chi connectivity index (χ1n) is 9.79. The molecule has 1 aliphatic heterocycles. The zero-order valence-electron chi connectivity index (χ0n) is 17.4. The van der Waals surface area contributed by atoms with Crippen molar-refractivity contribution in [1.29, 1.82) is 0 Å². The van der Waals surface area contributed by atoms with Crippen LogP contribution in [0.5, 0.6) is 0 Å². The summed E-state index contributed by atoms with van der Waals surface area (Å²) in [7, 11) is 0. The van der Waals surface area contributed by atoms with Crippen LogP contribution in [0.4, 0.5) is 0 Å². The SMILES string of the molecule is C#C.CC(C)(C)C1=NCC(C2CC2)=C1.CC(C)(C)c1cc(C2CC2)[nH]n1. The van der Waals surface area contributed by atoms with Gasteiger partial charge in [-0.3, -0.25) is 10.1 Å². The molecular weight excluding hydrogens is 318 g/mol. The molecule has 2 fully saturated rings. The van der Waals surface area contributed by atoms with E-state index in [9.17, 15) is 0 Å². The zero-order chi connectivity index (χ0) is 19.5. The zero-order valence-corrected chi connectivity index (χ0v) is 17.4. The van der Waals surface area contributed by atoms with Crippen molar-refractivity contribution in [3.63, 3.8) is 0 Å². The van der Waals surface area contributed by atoms with Crippen LogP contribution in [0.25, 0.3) is 0 Å². The lowest BCUT2D eigenvalue weighted by Gasteiger charge is -2.16. The maximum Gasteiger partial charge on any atom is 0.0678 e. The Balaban J connectivity index is 0.000000171. The molecule has 142 valence electrons. The maximum atomic E-state index is 4.57. The molecule has 4 rings (SSSR count). The first-order valence-corrected chi connectivity index (χ1v) is 9.79. The minimum atomic E-state index is 0.184. The first kappa shape index (κ1) is 20.5. The number of nitrogens with one attached hydrogen (secondary N) is 1. The highest BCUT2D eigenvalue weighted by atomic mass is 15.1. The Morgan fingerprint density at radius 3 is 1.88 bits per heavy atom. The number of hydrogen-bond donors (Lipinski definition) is 1. The van der Waals surface area contributed by atoms with Gasteiger partial charge in [0.05, 0.1) is 12.2 Å². The fourth-order valence-electron chi connectivity index (χ4n) is 2.92. The number of hydrogen-bond acceptors (Lipinski definition) is 2. The predicted octanol–water partition coefficient (Wildman–Crippen LogP) is 5.66. The van der Waals surface area contributed by atoms with E-state index < -0.39 is 0 Å². The molecule has 1 aromatic rings. The molecule has 0 aromatic carbocycles. The Kier molecular flexibility index (Phi) is 6.17. The molecule has 0 amide bonds. The van der Waals surface area contributed by atoms with Crippen LogP contribution in [0.2, 0.25) is 0 Å². The van der Waals surface area contributed by atoms with E-state index in [1.807, 2.05) is 0 Å². The topological polar surface area (TPSA) is 41.0 Å². The van der Waals surface area contributed by atoms with Crippen LogP contribution in [-0.4, -0.2) is 22.5 Å². The van der Waals surface area contributed by atoms with Gasteiger partial charge in [-0.2, -0.15) is 5.10 Å². The highest BCUT2D eigenvalue weighted by Gasteiger charge is 2.30. The quantitative estimate of drug-likeness (QED) is 0.685. The van der Waals surface area contributed by atoms with Gasteiger partial charge in [0, 0.05) is 28.2 Å².